The Morgan fingerprint density at radius 1 is 1.00 bits per heavy atom. The van der Waals surface area contributed by atoms with E-state index in [1.54, 1.807) is 0 Å². The highest BCUT2D eigenvalue weighted by molar-refractivity contribution is 7.25. The van der Waals surface area contributed by atoms with Crippen LogP contribution in [0, 0.1) is 6.92 Å². The molecular weight excluding hydrogens is 196 g/mol. The summed E-state index contributed by atoms with van der Waals surface area (Å²) in [4.78, 5) is 0. The van der Waals surface area contributed by atoms with Gasteiger partial charge < -0.3 is 0 Å². The summed E-state index contributed by atoms with van der Waals surface area (Å²) < 4.78 is 2.89. The standard InChI is InChI=1S/C11H8S2/c1-7-6-8-2-4-12-10(8)11-9(7)3-5-13-11/h2-6H,1H3. The van der Waals surface area contributed by atoms with Crippen molar-refractivity contribution in [3.05, 3.63) is 34.5 Å². The molecule has 0 nitrogen and oxygen atoms in total. The molecule has 0 spiro atoms. The quantitative estimate of drug-likeness (QED) is 0.508. The third-order valence-electron chi connectivity index (χ3n) is 2.36. The number of hydrogen-bond donors (Lipinski definition) is 0. The average molecular weight is 204 g/mol. The van der Waals surface area contributed by atoms with Crippen LogP contribution in [0.4, 0.5) is 0 Å². The van der Waals surface area contributed by atoms with E-state index < -0.39 is 0 Å². The van der Waals surface area contributed by atoms with Crippen LogP contribution in [0.2, 0.25) is 0 Å². The molecule has 3 aromatic rings. The number of rotatable bonds is 0. The molecule has 0 aliphatic carbocycles. The minimum absolute atomic E-state index is 1.39. The lowest BCUT2D eigenvalue weighted by atomic mass is 10.1. The van der Waals surface area contributed by atoms with E-state index in [0.717, 1.165) is 0 Å². The maximum absolute atomic E-state index is 2.28. The summed E-state index contributed by atoms with van der Waals surface area (Å²) in [7, 11) is 0. The summed E-state index contributed by atoms with van der Waals surface area (Å²) in [6, 6.07) is 6.70. The second-order valence-corrected chi connectivity index (χ2v) is 5.03. The minimum atomic E-state index is 1.39. The van der Waals surface area contributed by atoms with Gasteiger partial charge in [0.05, 0.1) is 9.40 Å². The van der Waals surface area contributed by atoms with Gasteiger partial charge in [0, 0.05) is 0 Å². The maximum atomic E-state index is 2.28. The van der Waals surface area contributed by atoms with Crippen molar-refractivity contribution in [3.63, 3.8) is 0 Å². The number of hydrogen-bond acceptors (Lipinski definition) is 2. The smallest absolute Gasteiger partial charge is 0.0523 e. The zero-order valence-corrected chi connectivity index (χ0v) is 8.84. The fourth-order valence-corrected chi connectivity index (χ4v) is 3.76. The van der Waals surface area contributed by atoms with Crippen LogP contribution in [0.5, 0.6) is 0 Å². The first-order valence-corrected chi connectivity index (χ1v) is 5.96. The van der Waals surface area contributed by atoms with Gasteiger partial charge in [-0.2, -0.15) is 0 Å². The highest BCUT2D eigenvalue weighted by Gasteiger charge is 2.05. The third kappa shape index (κ3) is 0.960. The lowest BCUT2D eigenvalue weighted by Crippen LogP contribution is -1.72. The van der Waals surface area contributed by atoms with E-state index in [4.69, 9.17) is 0 Å². The van der Waals surface area contributed by atoms with Crippen molar-refractivity contribution in [2.24, 2.45) is 0 Å². The molecule has 0 aliphatic rings. The van der Waals surface area contributed by atoms with Crippen molar-refractivity contribution in [1.29, 1.82) is 0 Å². The lowest BCUT2D eigenvalue weighted by molar-refractivity contribution is 1.58. The molecular formula is C11H8S2. The molecule has 64 valence electrons. The number of thiophene rings is 2. The van der Waals surface area contributed by atoms with Gasteiger partial charge in [-0.05, 0) is 52.2 Å². The number of aryl methyl sites for hydroxylation is 1. The zero-order chi connectivity index (χ0) is 8.84. The predicted molar refractivity (Wildman–Crippen MR) is 61.9 cm³/mol. The zero-order valence-electron chi connectivity index (χ0n) is 7.20. The highest BCUT2D eigenvalue weighted by Crippen LogP contribution is 2.35. The first-order valence-electron chi connectivity index (χ1n) is 4.20. The van der Waals surface area contributed by atoms with Crippen LogP contribution in [0.1, 0.15) is 5.56 Å². The predicted octanol–water partition coefficient (Wildman–Crippen LogP) is 4.42. The molecule has 13 heavy (non-hydrogen) atoms. The minimum Gasteiger partial charge on any atom is -0.142 e. The van der Waals surface area contributed by atoms with Crippen LogP contribution < -0.4 is 0 Å². The Kier molecular flexibility index (Phi) is 1.49. The van der Waals surface area contributed by atoms with Crippen LogP contribution in [-0.4, -0.2) is 0 Å². The van der Waals surface area contributed by atoms with Crippen molar-refractivity contribution < 1.29 is 0 Å². The summed E-state index contributed by atoms with van der Waals surface area (Å²) in [5.41, 5.74) is 1.39. The molecule has 0 bridgehead atoms. The van der Waals surface area contributed by atoms with E-state index in [2.05, 4.69) is 35.9 Å². The molecule has 2 heterocycles. The Morgan fingerprint density at radius 3 is 2.69 bits per heavy atom. The third-order valence-corrected chi connectivity index (χ3v) is 4.37. The normalized spacial score (nSPS) is 11.5. The largest absolute Gasteiger partial charge is 0.142 e. The average Bonchev–Trinajstić information content (AvgIpc) is 2.66. The SMILES string of the molecule is Cc1cc2ccsc2c2sccc12. The first-order chi connectivity index (χ1) is 6.36. The highest BCUT2D eigenvalue weighted by atomic mass is 32.1. The van der Waals surface area contributed by atoms with Crippen LogP contribution >= 0.6 is 22.7 Å². The molecule has 0 unspecified atom stereocenters. The molecule has 0 fully saturated rings. The second-order valence-electron chi connectivity index (χ2n) is 3.20. The summed E-state index contributed by atoms with van der Waals surface area (Å²) in [6.07, 6.45) is 0. The molecule has 0 amide bonds. The molecule has 0 radical (unpaired) electrons. The summed E-state index contributed by atoms with van der Waals surface area (Å²) >= 11 is 3.69. The van der Waals surface area contributed by atoms with Gasteiger partial charge in [-0.15, -0.1) is 22.7 Å². The monoisotopic (exact) mass is 204 g/mol. The van der Waals surface area contributed by atoms with E-state index in [0.29, 0.717) is 0 Å². The Labute approximate surface area is 84.4 Å². The van der Waals surface area contributed by atoms with E-state index in [1.807, 2.05) is 22.7 Å². The van der Waals surface area contributed by atoms with Crippen molar-refractivity contribution in [3.8, 4) is 0 Å². The summed E-state index contributed by atoms with van der Waals surface area (Å²) in [6.45, 7) is 2.19. The summed E-state index contributed by atoms with van der Waals surface area (Å²) in [5, 5.41) is 7.15. The first kappa shape index (κ1) is 7.54. The van der Waals surface area contributed by atoms with Gasteiger partial charge in [0.15, 0.2) is 0 Å². The Morgan fingerprint density at radius 2 is 1.77 bits per heavy atom. The van der Waals surface area contributed by atoms with Crippen molar-refractivity contribution in [1.82, 2.24) is 0 Å². The van der Waals surface area contributed by atoms with Gasteiger partial charge in [0.2, 0.25) is 0 Å². The van der Waals surface area contributed by atoms with Crippen LogP contribution in [0.25, 0.3) is 20.2 Å². The van der Waals surface area contributed by atoms with Gasteiger partial charge in [0.1, 0.15) is 0 Å². The van der Waals surface area contributed by atoms with Crippen LogP contribution in [-0.2, 0) is 0 Å². The van der Waals surface area contributed by atoms with Gasteiger partial charge in [-0.1, -0.05) is 0 Å². The molecule has 0 aliphatic heterocycles. The Bertz CT molecular complexity index is 572. The molecule has 0 saturated carbocycles. The van der Waals surface area contributed by atoms with Crippen LogP contribution in [0.3, 0.4) is 0 Å². The fraction of sp³-hybridized carbons (Fsp3) is 0.0909. The van der Waals surface area contributed by atoms with Crippen LogP contribution in [0.15, 0.2) is 29.0 Å². The van der Waals surface area contributed by atoms with Crippen molar-refractivity contribution in [2.45, 2.75) is 6.92 Å². The molecule has 2 heteroatoms. The topological polar surface area (TPSA) is 0 Å². The molecule has 3 rings (SSSR count). The van der Waals surface area contributed by atoms with Gasteiger partial charge >= 0.3 is 0 Å². The molecule has 0 atom stereocenters. The van der Waals surface area contributed by atoms with Gasteiger partial charge in [-0.25, -0.2) is 0 Å². The van der Waals surface area contributed by atoms with Gasteiger partial charge in [-0.3, -0.25) is 0 Å². The lowest BCUT2D eigenvalue weighted by Gasteiger charge is -1.97. The molecule has 0 saturated heterocycles. The number of fused-ring (bicyclic) bond motifs is 3. The maximum Gasteiger partial charge on any atom is 0.0523 e. The van der Waals surface area contributed by atoms with Crippen molar-refractivity contribution in [2.75, 3.05) is 0 Å². The van der Waals surface area contributed by atoms with E-state index in [1.165, 1.54) is 25.7 Å². The van der Waals surface area contributed by atoms with Crippen molar-refractivity contribution >= 4 is 42.8 Å². The molecule has 1 aromatic carbocycles. The van der Waals surface area contributed by atoms with Gasteiger partial charge in [0.25, 0.3) is 0 Å². The molecule has 2 aromatic heterocycles. The van der Waals surface area contributed by atoms with E-state index in [9.17, 15) is 0 Å². The Balaban J connectivity index is 2.70. The van der Waals surface area contributed by atoms with E-state index >= 15 is 0 Å². The summed E-state index contributed by atoms with van der Waals surface area (Å²) in [5.74, 6) is 0. The van der Waals surface area contributed by atoms with E-state index in [-0.39, 0.29) is 0 Å². The number of benzene rings is 1. The Hall–Kier alpha value is -0.860. The molecule has 0 N–H and O–H groups in total. The fourth-order valence-electron chi connectivity index (χ4n) is 1.72. The second kappa shape index (κ2) is 2.56.